The van der Waals surface area contributed by atoms with Crippen LogP contribution in [0.4, 0.5) is 0 Å². The van der Waals surface area contributed by atoms with Crippen molar-refractivity contribution in [3.63, 3.8) is 0 Å². The molecule has 1 fully saturated rings. The molecule has 6 heteroatoms. The van der Waals surface area contributed by atoms with Crippen LogP contribution in [0.1, 0.15) is 19.3 Å². The predicted octanol–water partition coefficient (Wildman–Crippen LogP) is 1.61. The molecule has 0 aromatic carbocycles. The van der Waals surface area contributed by atoms with Crippen LogP contribution >= 0.6 is 11.6 Å². The van der Waals surface area contributed by atoms with Crippen LogP contribution in [0.25, 0.3) is 0 Å². The summed E-state index contributed by atoms with van der Waals surface area (Å²) in [6, 6.07) is 0.156. The Morgan fingerprint density at radius 2 is 2.38 bits per heavy atom. The first kappa shape index (κ1) is 15.0. The highest BCUT2D eigenvalue weighted by Crippen LogP contribution is 2.28. The normalized spacial score (nSPS) is 29.6. The van der Waals surface area contributed by atoms with Crippen molar-refractivity contribution < 1.29 is 9.84 Å². The average molecular weight is 312 g/mol. The number of hydrogen-bond acceptors (Lipinski definition) is 4. The molecule has 0 bridgehead atoms. The van der Waals surface area contributed by atoms with Gasteiger partial charge in [0.15, 0.2) is 0 Å². The molecule has 1 aromatic rings. The van der Waals surface area contributed by atoms with Gasteiger partial charge in [-0.3, -0.25) is 4.68 Å². The Morgan fingerprint density at radius 3 is 3.10 bits per heavy atom. The highest BCUT2D eigenvalue weighted by atomic mass is 35.5. The molecular weight excluding hydrogens is 290 g/mol. The van der Waals surface area contributed by atoms with Gasteiger partial charge in [0.05, 0.1) is 30.5 Å². The maximum atomic E-state index is 10.2. The lowest BCUT2D eigenvalue weighted by atomic mass is 10.1. The van der Waals surface area contributed by atoms with Crippen LogP contribution in [0.15, 0.2) is 24.0 Å². The number of aliphatic hydroxyl groups excluding tert-OH is 1. The van der Waals surface area contributed by atoms with Crippen molar-refractivity contribution in [3.8, 4) is 0 Å². The minimum Gasteiger partial charge on any atom is -0.391 e. The van der Waals surface area contributed by atoms with E-state index in [1.54, 1.807) is 6.20 Å². The quantitative estimate of drug-likeness (QED) is 0.811. The SMILES string of the molecule is O[C@@H]1CC(Cn2cc(Cl)cn2)C[C@H]1NCC1=CCCOC1. The fraction of sp³-hybridized carbons (Fsp3) is 0.667. The minimum absolute atomic E-state index is 0.156. The molecule has 2 aliphatic rings. The number of aromatic nitrogens is 2. The Labute approximate surface area is 129 Å². The van der Waals surface area contributed by atoms with Gasteiger partial charge in [-0.25, -0.2) is 0 Å². The Balaban J connectivity index is 1.47. The number of rotatable bonds is 5. The van der Waals surface area contributed by atoms with Gasteiger partial charge in [0.1, 0.15) is 0 Å². The van der Waals surface area contributed by atoms with Crippen molar-refractivity contribution >= 4 is 11.6 Å². The van der Waals surface area contributed by atoms with Crippen LogP contribution in [-0.2, 0) is 11.3 Å². The fourth-order valence-electron chi connectivity index (χ4n) is 3.18. The summed E-state index contributed by atoms with van der Waals surface area (Å²) in [4.78, 5) is 0. The summed E-state index contributed by atoms with van der Waals surface area (Å²) in [5, 5.41) is 18.5. The predicted molar refractivity (Wildman–Crippen MR) is 81.3 cm³/mol. The number of ether oxygens (including phenoxy) is 1. The number of halogens is 1. The van der Waals surface area contributed by atoms with Gasteiger partial charge in [0.25, 0.3) is 0 Å². The molecule has 116 valence electrons. The molecule has 1 aliphatic heterocycles. The van der Waals surface area contributed by atoms with E-state index >= 15 is 0 Å². The second kappa shape index (κ2) is 6.92. The van der Waals surface area contributed by atoms with Crippen LogP contribution in [0.2, 0.25) is 5.02 Å². The topological polar surface area (TPSA) is 59.3 Å². The van der Waals surface area contributed by atoms with Gasteiger partial charge in [0, 0.05) is 25.3 Å². The number of hydrogen-bond donors (Lipinski definition) is 2. The zero-order chi connectivity index (χ0) is 14.7. The maximum Gasteiger partial charge on any atom is 0.0785 e. The first-order valence-electron chi connectivity index (χ1n) is 7.56. The van der Waals surface area contributed by atoms with Crippen LogP contribution in [0.3, 0.4) is 0 Å². The van der Waals surface area contributed by atoms with E-state index in [-0.39, 0.29) is 12.1 Å². The van der Waals surface area contributed by atoms with E-state index in [1.807, 2.05) is 10.9 Å². The van der Waals surface area contributed by atoms with Crippen molar-refractivity contribution in [3.05, 3.63) is 29.1 Å². The maximum absolute atomic E-state index is 10.2. The molecule has 0 spiro atoms. The van der Waals surface area contributed by atoms with Crippen molar-refractivity contribution in [1.82, 2.24) is 15.1 Å². The standard InChI is InChI=1S/C15H22ClN3O2/c16-13-7-18-19(9-13)8-12-4-14(15(20)5-12)17-6-11-2-1-3-21-10-11/h2,7,9,12,14-15,17,20H,1,3-6,8,10H2/t12?,14-,15-/m1/s1. The van der Waals surface area contributed by atoms with E-state index in [0.717, 1.165) is 39.0 Å². The molecule has 5 nitrogen and oxygen atoms in total. The van der Waals surface area contributed by atoms with Crippen molar-refractivity contribution in [2.24, 2.45) is 5.92 Å². The summed E-state index contributed by atoms with van der Waals surface area (Å²) >= 11 is 5.88. The fourth-order valence-corrected chi connectivity index (χ4v) is 3.34. The van der Waals surface area contributed by atoms with E-state index in [0.29, 0.717) is 17.5 Å². The second-order valence-electron chi connectivity index (χ2n) is 5.98. The zero-order valence-corrected chi connectivity index (χ0v) is 12.8. The zero-order valence-electron chi connectivity index (χ0n) is 12.0. The molecule has 2 N–H and O–H groups in total. The van der Waals surface area contributed by atoms with Gasteiger partial charge in [0.2, 0.25) is 0 Å². The van der Waals surface area contributed by atoms with E-state index in [9.17, 15) is 5.11 Å². The van der Waals surface area contributed by atoms with Gasteiger partial charge in [-0.05, 0) is 30.8 Å². The third-order valence-corrected chi connectivity index (χ3v) is 4.44. The van der Waals surface area contributed by atoms with Gasteiger partial charge in [-0.2, -0.15) is 5.10 Å². The number of nitrogens with zero attached hydrogens (tertiary/aromatic N) is 2. The molecule has 21 heavy (non-hydrogen) atoms. The number of aliphatic hydroxyl groups is 1. The second-order valence-corrected chi connectivity index (χ2v) is 6.41. The molecule has 1 saturated carbocycles. The summed E-state index contributed by atoms with van der Waals surface area (Å²) in [5.74, 6) is 0.435. The number of nitrogens with one attached hydrogen (secondary N) is 1. The smallest absolute Gasteiger partial charge is 0.0785 e. The van der Waals surface area contributed by atoms with Crippen molar-refractivity contribution in [1.29, 1.82) is 0 Å². The Morgan fingerprint density at radius 1 is 1.48 bits per heavy atom. The molecule has 0 amide bonds. The molecule has 0 radical (unpaired) electrons. The summed E-state index contributed by atoms with van der Waals surface area (Å²) in [6.07, 6.45) is 8.20. The van der Waals surface area contributed by atoms with Crippen LogP contribution in [0.5, 0.6) is 0 Å². The first-order chi connectivity index (χ1) is 10.2. The van der Waals surface area contributed by atoms with Crippen molar-refractivity contribution in [2.75, 3.05) is 19.8 Å². The lowest BCUT2D eigenvalue weighted by molar-refractivity contribution is 0.138. The Hall–Kier alpha value is -0.880. The average Bonchev–Trinajstić information content (AvgIpc) is 3.04. The van der Waals surface area contributed by atoms with Crippen molar-refractivity contribution in [2.45, 2.75) is 38.0 Å². The highest BCUT2D eigenvalue weighted by molar-refractivity contribution is 6.30. The summed E-state index contributed by atoms with van der Waals surface area (Å²) < 4.78 is 7.29. The minimum atomic E-state index is -0.286. The highest BCUT2D eigenvalue weighted by Gasteiger charge is 2.32. The summed E-state index contributed by atoms with van der Waals surface area (Å²) in [6.45, 7) is 3.16. The van der Waals surface area contributed by atoms with E-state index in [1.165, 1.54) is 5.57 Å². The molecular formula is C15H22ClN3O2. The van der Waals surface area contributed by atoms with Gasteiger partial charge < -0.3 is 15.2 Å². The van der Waals surface area contributed by atoms with Gasteiger partial charge in [-0.15, -0.1) is 0 Å². The van der Waals surface area contributed by atoms with Crippen LogP contribution in [0, 0.1) is 5.92 Å². The molecule has 3 rings (SSSR count). The van der Waals surface area contributed by atoms with E-state index in [2.05, 4.69) is 16.5 Å². The lowest BCUT2D eigenvalue weighted by Crippen LogP contribution is -2.37. The van der Waals surface area contributed by atoms with Gasteiger partial charge in [-0.1, -0.05) is 17.7 Å². The molecule has 1 aliphatic carbocycles. The Bertz CT molecular complexity index is 503. The first-order valence-corrected chi connectivity index (χ1v) is 7.93. The van der Waals surface area contributed by atoms with E-state index in [4.69, 9.17) is 16.3 Å². The molecule has 2 heterocycles. The molecule has 0 saturated heterocycles. The third-order valence-electron chi connectivity index (χ3n) is 4.25. The Kier molecular flexibility index (Phi) is 4.95. The molecule has 1 unspecified atom stereocenters. The summed E-state index contributed by atoms with van der Waals surface area (Å²) in [7, 11) is 0. The monoisotopic (exact) mass is 311 g/mol. The van der Waals surface area contributed by atoms with Crippen LogP contribution < -0.4 is 5.32 Å². The molecule has 3 atom stereocenters. The molecule has 1 aromatic heterocycles. The summed E-state index contributed by atoms with van der Waals surface area (Å²) in [5.41, 5.74) is 1.29. The van der Waals surface area contributed by atoms with Crippen LogP contribution in [-0.4, -0.2) is 46.8 Å². The van der Waals surface area contributed by atoms with Gasteiger partial charge >= 0.3 is 0 Å². The van der Waals surface area contributed by atoms with E-state index < -0.39 is 0 Å². The largest absolute Gasteiger partial charge is 0.391 e. The lowest BCUT2D eigenvalue weighted by Gasteiger charge is -2.19. The third kappa shape index (κ3) is 4.07.